The molecule has 0 radical (unpaired) electrons. The number of methoxy groups -OCH3 is 1. The number of benzene rings is 3. The second kappa shape index (κ2) is 8.33. The molecule has 0 atom stereocenters. The summed E-state index contributed by atoms with van der Waals surface area (Å²) in [5.41, 5.74) is -2.47. The Morgan fingerprint density at radius 1 is 0.839 bits per heavy atom. The van der Waals surface area contributed by atoms with Crippen molar-refractivity contribution in [2.75, 3.05) is 7.11 Å². The smallest absolute Gasteiger partial charge is 0.416 e. The molecule has 0 spiro atoms. The molecule has 31 heavy (non-hydrogen) atoms. The predicted molar refractivity (Wildman–Crippen MR) is 104 cm³/mol. The van der Waals surface area contributed by atoms with Gasteiger partial charge in [-0.25, -0.2) is 0 Å². The van der Waals surface area contributed by atoms with Crippen LogP contribution in [0.15, 0.2) is 65.7 Å². The van der Waals surface area contributed by atoms with Crippen molar-refractivity contribution in [3.63, 3.8) is 0 Å². The van der Waals surface area contributed by atoms with Gasteiger partial charge in [0.05, 0.1) is 23.9 Å². The zero-order valence-electron chi connectivity index (χ0n) is 15.9. The van der Waals surface area contributed by atoms with Crippen LogP contribution in [0.25, 0.3) is 11.1 Å². The van der Waals surface area contributed by atoms with Gasteiger partial charge >= 0.3 is 12.4 Å². The van der Waals surface area contributed by atoms with Crippen LogP contribution in [0.4, 0.5) is 32.0 Å². The Morgan fingerprint density at radius 3 is 1.94 bits per heavy atom. The number of aliphatic imine (C=N–C) groups is 1. The van der Waals surface area contributed by atoms with Gasteiger partial charge in [0.15, 0.2) is 0 Å². The summed E-state index contributed by atoms with van der Waals surface area (Å²) in [6.45, 7) is 0. The number of ether oxygens (including phenoxy) is 1. The summed E-state index contributed by atoms with van der Waals surface area (Å²) in [6, 6.07) is 12.6. The fourth-order valence-corrected chi connectivity index (χ4v) is 2.84. The first-order valence-electron chi connectivity index (χ1n) is 8.79. The molecule has 9 heteroatoms. The van der Waals surface area contributed by atoms with Gasteiger partial charge in [-0.1, -0.05) is 30.3 Å². The minimum absolute atomic E-state index is 0.0234. The molecule has 0 saturated carbocycles. The number of hydrogen-bond donors (Lipinski definition) is 1. The van der Waals surface area contributed by atoms with Crippen LogP contribution in [0.3, 0.4) is 0 Å². The monoisotopic (exact) mass is 439 g/mol. The molecule has 3 aromatic carbocycles. The molecule has 1 N–H and O–H groups in total. The number of phenols is 1. The standard InChI is InChI=1S/C22H15F6NO2/c1-31-18-7-14(20(30)19(11-18)13-5-3-2-4-6-13)12-29-17-9-15(21(23,24)25)8-16(10-17)22(26,27)28/h2-12,30H,1H3. The Labute approximate surface area is 173 Å². The fraction of sp³-hybridized carbons (Fsp3) is 0.136. The zero-order chi connectivity index (χ0) is 22.8. The van der Waals surface area contributed by atoms with Gasteiger partial charge < -0.3 is 9.84 Å². The third-order valence-electron chi connectivity index (χ3n) is 4.36. The Morgan fingerprint density at radius 2 is 1.42 bits per heavy atom. The molecular weight excluding hydrogens is 424 g/mol. The van der Waals surface area contributed by atoms with Gasteiger partial charge in [0.2, 0.25) is 0 Å². The number of aromatic hydroxyl groups is 1. The largest absolute Gasteiger partial charge is 0.507 e. The Balaban J connectivity index is 2.09. The van der Waals surface area contributed by atoms with Crippen LogP contribution in [-0.2, 0) is 12.4 Å². The van der Waals surface area contributed by atoms with E-state index in [0.717, 1.165) is 6.21 Å². The van der Waals surface area contributed by atoms with Crippen molar-refractivity contribution in [2.24, 2.45) is 4.99 Å². The van der Waals surface area contributed by atoms with Gasteiger partial charge in [-0.2, -0.15) is 26.3 Å². The highest BCUT2D eigenvalue weighted by Gasteiger charge is 2.36. The number of rotatable bonds is 4. The lowest BCUT2D eigenvalue weighted by Gasteiger charge is -2.13. The van der Waals surface area contributed by atoms with Gasteiger partial charge in [0.1, 0.15) is 11.5 Å². The third kappa shape index (κ3) is 5.17. The van der Waals surface area contributed by atoms with E-state index in [1.165, 1.54) is 13.2 Å². The lowest BCUT2D eigenvalue weighted by molar-refractivity contribution is -0.143. The maximum atomic E-state index is 13.0. The SMILES string of the molecule is COc1cc(C=Nc2cc(C(F)(F)F)cc(C(F)(F)F)c2)c(O)c(-c2ccccc2)c1. The lowest BCUT2D eigenvalue weighted by atomic mass is 10.0. The minimum Gasteiger partial charge on any atom is -0.507 e. The molecule has 3 aromatic rings. The summed E-state index contributed by atoms with van der Waals surface area (Å²) in [5, 5.41) is 10.6. The van der Waals surface area contributed by atoms with Crippen molar-refractivity contribution in [3.05, 3.63) is 77.4 Å². The Kier molecular flexibility index (Phi) is 5.97. The molecule has 162 valence electrons. The number of nitrogens with zero attached hydrogens (tertiary/aromatic N) is 1. The van der Waals surface area contributed by atoms with Crippen molar-refractivity contribution in [1.29, 1.82) is 0 Å². The number of hydrogen-bond acceptors (Lipinski definition) is 3. The van der Waals surface area contributed by atoms with Crippen LogP contribution in [0.5, 0.6) is 11.5 Å². The van der Waals surface area contributed by atoms with E-state index in [9.17, 15) is 31.4 Å². The average Bonchev–Trinajstić information content (AvgIpc) is 2.72. The summed E-state index contributed by atoms with van der Waals surface area (Å²) < 4.78 is 83.3. The third-order valence-corrected chi connectivity index (χ3v) is 4.36. The summed E-state index contributed by atoms with van der Waals surface area (Å²) in [5.74, 6) is 0.0666. The van der Waals surface area contributed by atoms with Crippen LogP contribution >= 0.6 is 0 Å². The first-order valence-corrected chi connectivity index (χ1v) is 8.79. The molecular formula is C22H15F6NO2. The first kappa shape index (κ1) is 22.2. The van der Waals surface area contributed by atoms with E-state index in [0.29, 0.717) is 29.0 Å². The van der Waals surface area contributed by atoms with E-state index in [1.807, 2.05) is 0 Å². The van der Waals surface area contributed by atoms with E-state index in [-0.39, 0.29) is 17.4 Å². The normalized spacial score (nSPS) is 12.4. The number of phenolic OH excluding ortho intramolecular Hbond substituents is 1. The van der Waals surface area contributed by atoms with Crippen molar-refractivity contribution >= 4 is 11.9 Å². The summed E-state index contributed by atoms with van der Waals surface area (Å²) in [4.78, 5) is 3.76. The topological polar surface area (TPSA) is 41.8 Å². The highest BCUT2D eigenvalue weighted by molar-refractivity contribution is 5.91. The second-order valence-corrected chi connectivity index (χ2v) is 6.50. The van der Waals surface area contributed by atoms with Crippen molar-refractivity contribution in [2.45, 2.75) is 12.4 Å². The Bertz CT molecular complexity index is 1070. The van der Waals surface area contributed by atoms with Crippen molar-refractivity contribution in [3.8, 4) is 22.6 Å². The lowest BCUT2D eigenvalue weighted by Crippen LogP contribution is -2.10. The zero-order valence-corrected chi connectivity index (χ0v) is 15.9. The summed E-state index contributed by atoms with van der Waals surface area (Å²) in [7, 11) is 1.38. The van der Waals surface area contributed by atoms with Gasteiger partial charge in [-0.05, 0) is 35.9 Å². The molecule has 3 rings (SSSR count). The van der Waals surface area contributed by atoms with Crippen LogP contribution in [0.1, 0.15) is 16.7 Å². The molecule has 0 unspecified atom stereocenters. The highest BCUT2D eigenvalue weighted by atomic mass is 19.4. The highest BCUT2D eigenvalue weighted by Crippen LogP contribution is 2.39. The molecule has 0 aliphatic carbocycles. The molecule has 0 saturated heterocycles. The quantitative estimate of drug-likeness (QED) is 0.357. The number of halogens is 6. The maximum absolute atomic E-state index is 13.0. The van der Waals surface area contributed by atoms with Gasteiger partial charge in [0.25, 0.3) is 0 Å². The van der Waals surface area contributed by atoms with Crippen LogP contribution in [-0.4, -0.2) is 18.4 Å². The van der Waals surface area contributed by atoms with Crippen molar-refractivity contribution in [1.82, 2.24) is 0 Å². The fourth-order valence-electron chi connectivity index (χ4n) is 2.84. The van der Waals surface area contributed by atoms with Gasteiger partial charge in [-0.15, -0.1) is 0 Å². The predicted octanol–water partition coefficient (Wildman–Crippen LogP) is 6.86. The first-order chi connectivity index (χ1) is 14.5. The molecule has 3 nitrogen and oxygen atoms in total. The Hall–Kier alpha value is -3.49. The van der Waals surface area contributed by atoms with E-state index >= 15 is 0 Å². The van der Waals surface area contributed by atoms with Crippen LogP contribution in [0.2, 0.25) is 0 Å². The summed E-state index contributed by atoms with van der Waals surface area (Å²) in [6.07, 6.45) is -8.98. The number of alkyl halides is 6. The van der Waals surface area contributed by atoms with E-state index in [2.05, 4.69) is 4.99 Å². The van der Waals surface area contributed by atoms with Crippen LogP contribution < -0.4 is 4.74 Å². The average molecular weight is 439 g/mol. The van der Waals surface area contributed by atoms with E-state index in [4.69, 9.17) is 4.74 Å². The van der Waals surface area contributed by atoms with Crippen molar-refractivity contribution < 1.29 is 36.2 Å². The molecule has 0 aromatic heterocycles. The maximum Gasteiger partial charge on any atom is 0.416 e. The second-order valence-electron chi connectivity index (χ2n) is 6.50. The van der Waals surface area contributed by atoms with E-state index in [1.54, 1.807) is 36.4 Å². The van der Waals surface area contributed by atoms with E-state index < -0.39 is 29.2 Å². The van der Waals surface area contributed by atoms with Gasteiger partial charge in [0, 0.05) is 17.3 Å². The molecule has 0 heterocycles. The van der Waals surface area contributed by atoms with Gasteiger partial charge in [-0.3, -0.25) is 4.99 Å². The molecule has 0 aliphatic heterocycles. The summed E-state index contributed by atoms with van der Waals surface area (Å²) >= 11 is 0. The minimum atomic E-state index is -4.98. The van der Waals surface area contributed by atoms with Crippen LogP contribution in [0, 0.1) is 0 Å². The molecule has 0 fully saturated rings. The molecule has 0 aliphatic rings. The molecule has 0 bridgehead atoms. The molecule has 0 amide bonds.